The molecule has 0 bridgehead atoms. The zero-order valence-electron chi connectivity index (χ0n) is 14.8. The van der Waals surface area contributed by atoms with Gasteiger partial charge in [0.25, 0.3) is 0 Å². The Morgan fingerprint density at radius 1 is 0.889 bits per heavy atom. The fourth-order valence-corrected chi connectivity index (χ4v) is 5.25. The van der Waals surface area contributed by atoms with E-state index in [1.807, 2.05) is 67.6 Å². The van der Waals surface area contributed by atoms with Crippen LogP contribution >= 0.6 is 27.5 Å². The van der Waals surface area contributed by atoms with Gasteiger partial charge in [0.1, 0.15) is 4.90 Å². The molecule has 27 heavy (non-hydrogen) atoms. The van der Waals surface area contributed by atoms with E-state index in [2.05, 4.69) is 15.9 Å². The summed E-state index contributed by atoms with van der Waals surface area (Å²) in [7, 11) is -3.79. The first-order chi connectivity index (χ1) is 12.9. The molecular weight excluding hydrogens is 446 g/mol. The summed E-state index contributed by atoms with van der Waals surface area (Å²) in [4.78, 5) is 0.122. The smallest absolute Gasteiger partial charge is 0.207 e. The molecule has 0 saturated carbocycles. The molecule has 3 rings (SSSR count). The molecule has 0 fully saturated rings. The van der Waals surface area contributed by atoms with Crippen molar-refractivity contribution in [1.29, 1.82) is 0 Å². The van der Waals surface area contributed by atoms with E-state index in [4.69, 9.17) is 11.6 Å². The normalized spacial score (nSPS) is 11.7. The molecule has 3 nitrogen and oxygen atoms in total. The molecule has 0 spiro atoms. The summed E-state index contributed by atoms with van der Waals surface area (Å²) in [6.45, 7) is 2.38. The SMILES string of the molecule is Cc1cc(S(=O)(=O)N(Cc2ccccc2)Cc2ccccc2)c(Cl)cc1Br. The molecule has 0 N–H and O–H groups in total. The van der Waals surface area contributed by atoms with Crippen LogP contribution in [-0.4, -0.2) is 12.7 Å². The van der Waals surface area contributed by atoms with Crippen molar-refractivity contribution in [2.24, 2.45) is 0 Å². The van der Waals surface area contributed by atoms with Crippen LogP contribution in [0.3, 0.4) is 0 Å². The molecule has 0 saturated heterocycles. The zero-order valence-corrected chi connectivity index (χ0v) is 17.9. The molecule has 0 atom stereocenters. The summed E-state index contributed by atoms with van der Waals surface area (Å²) in [5.74, 6) is 0. The van der Waals surface area contributed by atoms with Crippen LogP contribution in [-0.2, 0) is 23.1 Å². The van der Waals surface area contributed by atoms with Gasteiger partial charge in [0.15, 0.2) is 0 Å². The summed E-state index contributed by atoms with van der Waals surface area (Å²) in [5, 5.41) is 0.207. The second-order valence-corrected chi connectivity index (χ2v) is 9.44. The Balaban J connectivity index is 2.04. The number of benzene rings is 3. The number of hydrogen-bond donors (Lipinski definition) is 0. The van der Waals surface area contributed by atoms with Crippen molar-refractivity contribution in [2.75, 3.05) is 0 Å². The van der Waals surface area contributed by atoms with E-state index in [1.165, 1.54) is 4.31 Å². The maximum atomic E-state index is 13.5. The number of hydrogen-bond acceptors (Lipinski definition) is 2. The Morgan fingerprint density at radius 2 is 1.37 bits per heavy atom. The molecule has 0 radical (unpaired) electrons. The molecule has 140 valence electrons. The number of aryl methyl sites for hydroxylation is 1. The largest absolute Gasteiger partial charge is 0.245 e. The van der Waals surface area contributed by atoms with Crippen molar-refractivity contribution >= 4 is 37.6 Å². The molecule has 0 aliphatic rings. The summed E-state index contributed by atoms with van der Waals surface area (Å²) in [6.07, 6.45) is 0. The average Bonchev–Trinajstić information content (AvgIpc) is 2.66. The Morgan fingerprint density at radius 3 is 1.85 bits per heavy atom. The van der Waals surface area contributed by atoms with Crippen molar-refractivity contribution < 1.29 is 8.42 Å². The van der Waals surface area contributed by atoms with Gasteiger partial charge >= 0.3 is 0 Å². The van der Waals surface area contributed by atoms with E-state index >= 15 is 0 Å². The molecule has 6 heteroatoms. The highest BCUT2D eigenvalue weighted by molar-refractivity contribution is 9.10. The lowest BCUT2D eigenvalue weighted by Gasteiger charge is -2.23. The van der Waals surface area contributed by atoms with Crippen molar-refractivity contribution in [3.05, 3.63) is 99.0 Å². The molecule has 0 aliphatic heterocycles. The second kappa shape index (κ2) is 8.57. The minimum absolute atomic E-state index is 0.122. The minimum atomic E-state index is -3.79. The topological polar surface area (TPSA) is 37.4 Å². The van der Waals surface area contributed by atoms with Crippen LogP contribution in [0.25, 0.3) is 0 Å². The maximum Gasteiger partial charge on any atom is 0.245 e. The minimum Gasteiger partial charge on any atom is -0.207 e. The number of rotatable bonds is 6. The van der Waals surface area contributed by atoms with Gasteiger partial charge in [0.2, 0.25) is 10.0 Å². The van der Waals surface area contributed by atoms with E-state index in [0.29, 0.717) is 0 Å². The van der Waals surface area contributed by atoms with E-state index in [9.17, 15) is 8.42 Å². The van der Waals surface area contributed by atoms with Gasteiger partial charge < -0.3 is 0 Å². The second-order valence-electron chi connectivity index (χ2n) is 6.28. The third-order valence-electron chi connectivity index (χ3n) is 4.23. The van der Waals surface area contributed by atoms with Crippen LogP contribution in [0.15, 0.2) is 82.2 Å². The molecule has 0 unspecified atom stereocenters. The average molecular weight is 465 g/mol. The Kier molecular flexibility index (Phi) is 6.37. The third-order valence-corrected chi connectivity index (χ3v) is 7.35. The first-order valence-electron chi connectivity index (χ1n) is 8.41. The predicted octanol–water partition coefficient (Wildman–Crippen LogP) is 5.80. The lowest BCUT2D eigenvalue weighted by molar-refractivity contribution is 0.401. The van der Waals surface area contributed by atoms with Crippen LogP contribution in [0, 0.1) is 6.92 Å². The monoisotopic (exact) mass is 463 g/mol. The first-order valence-corrected chi connectivity index (χ1v) is 11.0. The fourth-order valence-electron chi connectivity index (χ4n) is 2.77. The van der Waals surface area contributed by atoms with Crippen LogP contribution in [0.5, 0.6) is 0 Å². The molecule has 3 aromatic carbocycles. The van der Waals surface area contributed by atoms with Crippen LogP contribution < -0.4 is 0 Å². The number of sulfonamides is 1. The van der Waals surface area contributed by atoms with Gasteiger partial charge in [0, 0.05) is 17.6 Å². The van der Waals surface area contributed by atoms with E-state index in [-0.39, 0.29) is 23.0 Å². The Bertz CT molecular complexity index is 983. The highest BCUT2D eigenvalue weighted by atomic mass is 79.9. The first kappa shape index (κ1) is 20.1. The molecule has 0 aliphatic carbocycles. The standard InChI is InChI=1S/C21H19BrClNO2S/c1-16-12-21(20(23)13-19(16)22)27(25,26)24(14-17-8-4-2-5-9-17)15-18-10-6-3-7-11-18/h2-13H,14-15H2,1H3. The van der Waals surface area contributed by atoms with Gasteiger partial charge in [-0.25, -0.2) is 8.42 Å². The zero-order chi connectivity index (χ0) is 19.4. The van der Waals surface area contributed by atoms with Crippen LogP contribution in [0.2, 0.25) is 5.02 Å². The highest BCUT2D eigenvalue weighted by Gasteiger charge is 2.28. The van der Waals surface area contributed by atoms with Gasteiger partial charge in [-0.05, 0) is 35.7 Å². The van der Waals surface area contributed by atoms with E-state index < -0.39 is 10.0 Å². The summed E-state index contributed by atoms with van der Waals surface area (Å²) in [5.41, 5.74) is 2.65. The van der Waals surface area contributed by atoms with Crippen molar-refractivity contribution in [3.8, 4) is 0 Å². The lowest BCUT2D eigenvalue weighted by atomic mass is 10.2. The highest BCUT2D eigenvalue weighted by Crippen LogP contribution is 2.31. The van der Waals surface area contributed by atoms with Crippen molar-refractivity contribution in [3.63, 3.8) is 0 Å². The van der Waals surface area contributed by atoms with Crippen LogP contribution in [0.1, 0.15) is 16.7 Å². The van der Waals surface area contributed by atoms with Crippen molar-refractivity contribution in [1.82, 2.24) is 4.31 Å². The summed E-state index contributed by atoms with van der Waals surface area (Å²) >= 11 is 9.70. The number of halogens is 2. The fraction of sp³-hybridized carbons (Fsp3) is 0.143. The summed E-state index contributed by atoms with van der Waals surface area (Å²) < 4.78 is 29.1. The molecule has 0 amide bonds. The van der Waals surface area contributed by atoms with Gasteiger partial charge in [-0.1, -0.05) is 88.2 Å². The summed E-state index contributed by atoms with van der Waals surface area (Å²) in [6, 6.07) is 22.4. The Labute approximate surface area is 173 Å². The van der Waals surface area contributed by atoms with Crippen LogP contribution in [0.4, 0.5) is 0 Å². The van der Waals surface area contributed by atoms with Gasteiger partial charge in [0.05, 0.1) is 5.02 Å². The molecule has 3 aromatic rings. The van der Waals surface area contributed by atoms with Gasteiger partial charge in [-0.15, -0.1) is 0 Å². The third kappa shape index (κ3) is 4.79. The van der Waals surface area contributed by atoms with Crippen molar-refractivity contribution in [2.45, 2.75) is 24.9 Å². The maximum absolute atomic E-state index is 13.5. The lowest BCUT2D eigenvalue weighted by Crippen LogP contribution is -2.30. The predicted molar refractivity (Wildman–Crippen MR) is 113 cm³/mol. The quantitative estimate of drug-likeness (QED) is 0.462. The van der Waals surface area contributed by atoms with Gasteiger partial charge in [-0.2, -0.15) is 4.31 Å². The number of nitrogens with zero attached hydrogens (tertiary/aromatic N) is 1. The molecule has 0 heterocycles. The van der Waals surface area contributed by atoms with E-state index in [0.717, 1.165) is 21.2 Å². The molecular formula is C21H19BrClNO2S. The Hall–Kier alpha value is -1.66. The molecule has 0 aromatic heterocycles. The van der Waals surface area contributed by atoms with E-state index in [1.54, 1.807) is 12.1 Å². The van der Waals surface area contributed by atoms with Gasteiger partial charge in [-0.3, -0.25) is 0 Å².